The standard InChI is InChI=1S/C20H18N3S2/c1-4-14(17-13-23(9-8-21-17)19-7-3-11-25-19)20-15(12-22-16(20)5-1)18-6-2-10-24-18/h1-7,10-12,17,22H,8-9,13H2. The highest BCUT2D eigenvalue weighted by molar-refractivity contribution is 7.14. The Bertz CT molecular complexity index is 970. The summed E-state index contributed by atoms with van der Waals surface area (Å²) in [5.41, 5.74) is 3.83. The summed E-state index contributed by atoms with van der Waals surface area (Å²) in [6.45, 7) is 2.85. The molecule has 1 fully saturated rings. The molecule has 4 aromatic rings. The lowest BCUT2D eigenvalue weighted by Crippen LogP contribution is -2.42. The van der Waals surface area contributed by atoms with Crippen molar-refractivity contribution in [1.29, 1.82) is 0 Å². The third-order valence-electron chi connectivity index (χ3n) is 4.81. The second kappa shape index (κ2) is 6.33. The Labute approximate surface area is 154 Å². The maximum atomic E-state index is 4.96. The van der Waals surface area contributed by atoms with Crippen molar-refractivity contribution >= 4 is 38.6 Å². The van der Waals surface area contributed by atoms with Crippen LogP contribution in [0, 0.1) is 0 Å². The number of aromatic amines is 1. The zero-order chi connectivity index (χ0) is 16.6. The van der Waals surface area contributed by atoms with E-state index >= 15 is 0 Å². The van der Waals surface area contributed by atoms with E-state index in [1.807, 2.05) is 11.3 Å². The molecule has 5 rings (SSSR count). The molecule has 0 amide bonds. The number of hydrogen-bond acceptors (Lipinski definition) is 3. The highest BCUT2D eigenvalue weighted by Crippen LogP contribution is 2.37. The van der Waals surface area contributed by atoms with Crippen molar-refractivity contribution < 1.29 is 0 Å². The lowest BCUT2D eigenvalue weighted by Gasteiger charge is -2.33. The van der Waals surface area contributed by atoms with Crippen LogP contribution in [0.5, 0.6) is 0 Å². The SMILES string of the molecule is c1csc(-c2c[nH]c3cccc(C4CN(c5cccs5)CC[N]4)c23)c1. The van der Waals surface area contributed by atoms with E-state index in [9.17, 15) is 0 Å². The normalized spacial score (nSPS) is 18.1. The fourth-order valence-electron chi connectivity index (χ4n) is 3.66. The molecule has 1 radical (unpaired) electrons. The highest BCUT2D eigenvalue weighted by Gasteiger charge is 2.25. The summed E-state index contributed by atoms with van der Waals surface area (Å²) in [5, 5.41) is 11.9. The number of fused-ring (bicyclic) bond motifs is 1. The molecule has 5 heteroatoms. The summed E-state index contributed by atoms with van der Waals surface area (Å²) in [7, 11) is 0. The van der Waals surface area contributed by atoms with Crippen LogP contribution in [0.15, 0.2) is 59.4 Å². The van der Waals surface area contributed by atoms with Gasteiger partial charge in [0.1, 0.15) is 0 Å². The molecule has 1 aliphatic rings. The molecular formula is C20H18N3S2. The van der Waals surface area contributed by atoms with Gasteiger partial charge in [0, 0.05) is 47.2 Å². The molecule has 0 spiro atoms. The minimum atomic E-state index is 0.217. The summed E-state index contributed by atoms with van der Waals surface area (Å²) in [4.78, 5) is 7.23. The molecule has 1 saturated heterocycles. The van der Waals surface area contributed by atoms with Gasteiger partial charge in [-0.25, -0.2) is 5.32 Å². The minimum absolute atomic E-state index is 0.217. The number of aromatic nitrogens is 1. The van der Waals surface area contributed by atoms with Gasteiger partial charge in [-0.1, -0.05) is 18.2 Å². The van der Waals surface area contributed by atoms with Gasteiger partial charge >= 0.3 is 0 Å². The molecule has 25 heavy (non-hydrogen) atoms. The molecule has 125 valence electrons. The summed E-state index contributed by atoms with van der Waals surface area (Å²) in [5.74, 6) is 0. The van der Waals surface area contributed by atoms with Crippen molar-refractivity contribution in [1.82, 2.24) is 10.3 Å². The Kier molecular flexibility index (Phi) is 3.85. The van der Waals surface area contributed by atoms with Crippen molar-refractivity contribution in [3.05, 3.63) is 65.0 Å². The molecule has 3 aromatic heterocycles. The monoisotopic (exact) mass is 364 g/mol. The Morgan fingerprint density at radius 3 is 2.80 bits per heavy atom. The van der Waals surface area contributed by atoms with Gasteiger partial charge in [-0.2, -0.15) is 0 Å². The second-order valence-electron chi connectivity index (χ2n) is 6.27. The molecule has 0 saturated carbocycles. The Morgan fingerprint density at radius 1 is 1.04 bits per heavy atom. The first kappa shape index (κ1) is 15.2. The molecule has 1 unspecified atom stereocenters. The number of anilines is 1. The van der Waals surface area contributed by atoms with Crippen molar-refractivity contribution in [2.75, 3.05) is 24.5 Å². The van der Waals surface area contributed by atoms with Crippen molar-refractivity contribution in [3.8, 4) is 10.4 Å². The number of rotatable bonds is 3. The maximum absolute atomic E-state index is 4.96. The number of nitrogens with zero attached hydrogens (tertiary/aromatic N) is 2. The van der Waals surface area contributed by atoms with Crippen molar-refractivity contribution in [2.45, 2.75) is 6.04 Å². The van der Waals surface area contributed by atoms with Gasteiger partial charge in [-0.3, -0.25) is 0 Å². The molecule has 0 bridgehead atoms. The van der Waals surface area contributed by atoms with E-state index in [2.05, 4.69) is 69.3 Å². The van der Waals surface area contributed by atoms with Gasteiger partial charge in [0.25, 0.3) is 0 Å². The average molecular weight is 365 g/mol. The third kappa shape index (κ3) is 2.68. The number of nitrogens with one attached hydrogen (secondary N) is 1. The molecule has 1 atom stereocenters. The molecule has 3 nitrogen and oxygen atoms in total. The first-order valence-electron chi connectivity index (χ1n) is 8.49. The van der Waals surface area contributed by atoms with E-state index in [-0.39, 0.29) is 6.04 Å². The molecule has 1 aliphatic heterocycles. The van der Waals surface area contributed by atoms with E-state index < -0.39 is 0 Å². The quantitative estimate of drug-likeness (QED) is 0.537. The van der Waals surface area contributed by atoms with Gasteiger partial charge in [0.15, 0.2) is 0 Å². The van der Waals surface area contributed by atoms with Crippen molar-refractivity contribution in [3.63, 3.8) is 0 Å². The molecule has 0 aliphatic carbocycles. The molecule has 1 N–H and O–H groups in total. The van der Waals surface area contributed by atoms with Crippen LogP contribution >= 0.6 is 22.7 Å². The molecule has 1 aromatic carbocycles. The van der Waals surface area contributed by atoms with Crippen LogP contribution < -0.4 is 10.2 Å². The fraction of sp³-hybridized carbons (Fsp3) is 0.200. The van der Waals surface area contributed by atoms with Crippen LogP contribution in [-0.2, 0) is 0 Å². The Balaban J connectivity index is 1.57. The van der Waals surface area contributed by atoms with Crippen LogP contribution in [0.3, 0.4) is 0 Å². The molecular weight excluding hydrogens is 346 g/mol. The summed E-state index contributed by atoms with van der Waals surface area (Å²) < 4.78 is 0. The zero-order valence-electron chi connectivity index (χ0n) is 13.7. The Morgan fingerprint density at radius 2 is 1.96 bits per heavy atom. The van der Waals surface area contributed by atoms with E-state index in [1.54, 1.807) is 11.3 Å². The summed E-state index contributed by atoms with van der Waals surface area (Å²) >= 11 is 3.60. The summed E-state index contributed by atoms with van der Waals surface area (Å²) in [6.07, 6.45) is 2.14. The van der Waals surface area contributed by atoms with Crippen LogP contribution in [0.2, 0.25) is 0 Å². The Hall–Kier alpha value is -2.08. The van der Waals surface area contributed by atoms with Crippen LogP contribution in [0.4, 0.5) is 5.00 Å². The number of benzene rings is 1. The lowest BCUT2D eigenvalue weighted by atomic mass is 9.97. The van der Waals surface area contributed by atoms with E-state index in [1.165, 1.54) is 31.9 Å². The van der Waals surface area contributed by atoms with Gasteiger partial charge in [-0.05, 0) is 40.6 Å². The predicted octanol–water partition coefficient (Wildman–Crippen LogP) is 5.12. The van der Waals surface area contributed by atoms with Crippen molar-refractivity contribution in [2.24, 2.45) is 0 Å². The molecule has 4 heterocycles. The predicted molar refractivity (Wildman–Crippen MR) is 108 cm³/mol. The zero-order valence-corrected chi connectivity index (χ0v) is 15.3. The van der Waals surface area contributed by atoms with E-state index in [0.717, 1.165) is 19.6 Å². The van der Waals surface area contributed by atoms with Gasteiger partial charge in [-0.15, -0.1) is 22.7 Å². The van der Waals surface area contributed by atoms with E-state index in [4.69, 9.17) is 5.32 Å². The number of H-pyrrole nitrogens is 1. The lowest BCUT2D eigenvalue weighted by molar-refractivity contribution is 0.466. The fourth-order valence-corrected chi connectivity index (χ4v) is 5.17. The van der Waals surface area contributed by atoms with Gasteiger partial charge in [0.05, 0.1) is 11.0 Å². The van der Waals surface area contributed by atoms with Gasteiger partial charge < -0.3 is 9.88 Å². The smallest absolute Gasteiger partial charge is 0.0909 e. The van der Waals surface area contributed by atoms with E-state index in [0.29, 0.717) is 0 Å². The average Bonchev–Trinajstić information content (AvgIpc) is 3.41. The second-order valence-corrected chi connectivity index (χ2v) is 8.14. The minimum Gasteiger partial charge on any atom is -0.361 e. The maximum Gasteiger partial charge on any atom is 0.0909 e. The first-order valence-corrected chi connectivity index (χ1v) is 10.2. The highest BCUT2D eigenvalue weighted by atomic mass is 32.1. The number of thiophene rings is 2. The number of hydrogen-bond donors (Lipinski definition) is 1. The van der Waals surface area contributed by atoms with Crippen LogP contribution in [-0.4, -0.2) is 24.6 Å². The largest absolute Gasteiger partial charge is 0.361 e. The topological polar surface area (TPSA) is 33.1 Å². The van der Waals surface area contributed by atoms with Crippen LogP contribution in [0.1, 0.15) is 11.6 Å². The summed E-state index contributed by atoms with van der Waals surface area (Å²) in [6, 6.07) is 15.4. The van der Waals surface area contributed by atoms with Gasteiger partial charge in [0.2, 0.25) is 0 Å². The third-order valence-corrected chi connectivity index (χ3v) is 6.65. The first-order chi connectivity index (χ1) is 12.4. The number of piperazine rings is 1. The van der Waals surface area contributed by atoms with Crippen LogP contribution in [0.25, 0.3) is 21.3 Å².